The smallest absolute Gasteiger partial charge is 0.00754 e. The van der Waals surface area contributed by atoms with Crippen LogP contribution in [-0.4, -0.2) is 0 Å². The summed E-state index contributed by atoms with van der Waals surface area (Å²) in [5.74, 6) is 0. The van der Waals surface area contributed by atoms with Gasteiger partial charge in [-0.15, -0.1) is 0 Å². The molecule has 0 aliphatic heterocycles. The van der Waals surface area contributed by atoms with Crippen LogP contribution in [0.4, 0.5) is 0 Å². The second-order valence-electron chi connectivity index (χ2n) is 4.78. The Hall–Kier alpha value is -0.780. The molecule has 0 heteroatoms. The normalized spacial score (nSPS) is 12.4. The van der Waals surface area contributed by atoms with Crippen LogP contribution in [0.2, 0.25) is 0 Å². The molecular weight excluding hydrogens is 228 g/mol. The molecule has 1 aromatic carbocycles. The van der Waals surface area contributed by atoms with Crippen molar-refractivity contribution in [1.82, 2.24) is 0 Å². The van der Waals surface area contributed by atoms with Gasteiger partial charge in [0.15, 0.2) is 0 Å². The van der Waals surface area contributed by atoms with Crippen molar-refractivity contribution in [1.29, 1.82) is 0 Å². The molecule has 0 saturated carbocycles. The predicted molar refractivity (Wildman–Crippen MR) is 90.9 cm³/mol. The molecule has 0 fully saturated rings. The van der Waals surface area contributed by atoms with E-state index in [-0.39, 0.29) is 0 Å². The van der Waals surface area contributed by atoms with Crippen LogP contribution in [0.1, 0.15) is 86.1 Å². The highest BCUT2D eigenvalue weighted by Crippen LogP contribution is 2.33. The molecule has 0 heterocycles. The van der Waals surface area contributed by atoms with Gasteiger partial charge >= 0.3 is 0 Å². The Labute approximate surface area is 122 Å². The van der Waals surface area contributed by atoms with Gasteiger partial charge < -0.3 is 0 Å². The van der Waals surface area contributed by atoms with E-state index in [0.29, 0.717) is 5.41 Å². The summed E-state index contributed by atoms with van der Waals surface area (Å²) in [5.41, 5.74) is 1.91. The number of rotatable bonds is 6. The number of unbranched alkanes of at least 4 members (excludes halogenated alkanes) is 1. The molecule has 112 valence electrons. The number of benzene rings is 1. The monoisotopic (exact) mass is 264 g/mol. The first kappa shape index (κ1) is 20.5. The average molecular weight is 264 g/mol. The lowest BCUT2D eigenvalue weighted by Gasteiger charge is -2.30. The van der Waals surface area contributed by atoms with Gasteiger partial charge in [-0.1, -0.05) is 98.1 Å². The first-order chi connectivity index (χ1) is 9.23. The Balaban J connectivity index is 0. The molecule has 19 heavy (non-hydrogen) atoms. The Bertz CT molecular complexity index is 263. The second kappa shape index (κ2) is 13.6. The average Bonchev–Trinajstić information content (AvgIpc) is 2.50. The third-order valence-corrected chi connectivity index (χ3v) is 3.35. The molecule has 0 N–H and O–H groups in total. The molecule has 1 rings (SSSR count). The largest absolute Gasteiger partial charge is 0.0683 e. The molecule has 0 radical (unpaired) electrons. The van der Waals surface area contributed by atoms with Crippen molar-refractivity contribution in [2.24, 2.45) is 0 Å². The van der Waals surface area contributed by atoms with Crippen LogP contribution >= 0.6 is 0 Å². The maximum Gasteiger partial charge on any atom is -0.00754 e. The van der Waals surface area contributed by atoms with Crippen LogP contribution in [0.5, 0.6) is 0 Å². The maximum absolute atomic E-state index is 2.42. The third-order valence-electron chi connectivity index (χ3n) is 3.35. The fourth-order valence-corrected chi connectivity index (χ4v) is 2.37. The minimum Gasteiger partial charge on any atom is -0.0683 e. The standard InChI is InChI=1S/C15H24.2C2H6/c1-4-6-13-15(3,12-5-2)14-10-8-7-9-11-14;2*1-2/h7-11H,4-6,12-13H2,1-3H3;2*1-2H3. The zero-order chi connectivity index (χ0) is 15.1. The first-order valence-electron chi connectivity index (χ1n) is 8.28. The summed E-state index contributed by atoms with van der Waals surface area (Å²) in [4.78, 5) is 0. The summed E-state index contributed by atoms with van der Waals surface area (Å²) in [6.07, 6.45) is 6.53. The molecule has 1 unspecified atom stereocenters. The van der Waals surface area contributed by atoms with Crippen molar-refractivity contribution in [3.8, 4) is 0 Å². The van der Waals surface area contributed by atoms with Gasteiger partial charge in [0.1, 0.15) is 0 Å². The Morgan fingerprint density at radius 3 is 1.74 bits per heavy atom. The summed E-state index contributed by atoms with van der Waals surface area (Å²) in [5, 5.41) is 0. The van der Waals surface area contributed by atoms with E-state index in [4.69, 9.17) is 0 Å². The van der Waals surface area contributed by atoms with Crippen LogP contribution in [0.25, 0.3) is 0 Å². The highest BCUT2D eigenvalue weighted by atomic mass is 14.3. The molecule has 0 aliphatic rings. The van der Waals surface area contributed by atoms with Gasteiger partial charge in [0.2, 0.25) is 0 Å². The van der Waals surface area contributed by atoms with E-state index in [0.717, 1.165) is 0 Å². The molecule has 0 spiro atoms. The summed E-state index contributed by atoms with van der Waals surface area (Å²) in [6, 6.07) is 11.0. The van der Waals surface area contributed by atoms with E-state index in [1.807, 2.05) is 27.7 Å². The third kappa shape index (κ3) is 8.08. The quantitative estimate of drug-likeness (QED) is 0.519. The van der Waals surface area contributed by atoms with Crippen molar-refractivity contribution in [2.75, 3.05) is 0 Å². The fraction of sp³-hybridized carbons (Fsp3) is 0.684. The topological polar surface area (TPSA) is 0 Å². The Morgan fingerprint density at radius 2 is 1.32 bits per heavy atom. The van der Waals surface area contributed by atoms with E-state index >= 15 is 0 Å². The van der Waals surface area contributed by atoms with Crippen molar-refractivity contribution < 1.29 is 0 Å². The van der Waals surface area contributed by atoms with Gasteiger partial charge in [-0.25, -0.2) is 0 Å². The Morgan fingerprint density at radius 1 is 0.789 bits per heavy atom. The molecule has 0 saturated heterocycles. The highest BCUT2D eigenvalue weighted by Gasteiger charge is 2.24. The van der Waals surface area contributed by atoms with E-state index in [2.05, 4.69) is 51.1 Å². The van der Waals surface area contributed by atoms with E-state index in [1.165, 1.54) is 37.7 Å². The lowest BCUT2D eigenvalue weighted by atomic mass is 9.75. The lowest BCUT2D eigenvalue weighted by Crippen LogP contribution is -2.21. The maximum atomic E-state index is 2.42. The first-order valence-corrected chi connectivity index (χ1v) is 8.28. The lowest BCUT2D eigenvalue weighted by molar-refractivity contribution is 0.383. The van der Waals surface area contributed by atoms with E-state index in [9.17, 15) is 0 Å². The van der Waals surface area contributed by atoms with Gasteiger partial charge in [0.05, 0.1) is 0 Å². The second-order valence-corrected chi connectivity index (χ2v) is 4.78. The van der Waals surface area contributed by atoms with Crippen LogP contribution in [0.3, 0.4) is 0 Å². The number of hydrogen-bond acceptors (Lipinski definition) is 0. The van der Waals surface area contributed by atoms with E-state index < -0.39 is 0 Å². The Kier molecular flexibility index (Phi) is 14.8. The van der Waals surface area contributed by atoms with Gasteiger partial charge in [0.25, 0.3) is 0 Å². The SMILES string of the molecule is CC.CC.CCCCC(C)(CCC)c1ccccc1. The molecule has 0 amide bonds. The minimum absolute atomic E-state index is 0.395. The molecule has 0 nitrogen and oxygen atoms in total. The van der Waals surface area contributed by atoms with Crippen LogP contribution in [0, 0.1) is 0 Å². The molecule has 1 aromatic rings. The van der Waals surface area contributed by atoms with Gasteiger partial charge in [-0.2, -0.15) is 0 Å². The molecule has 0 aromatic heterocycles. The van der Waals surface area contributed by atoms with Crippen molar-refractivity contribution in [2.45, 2.75) is 86.0 Å². The van der Waals surface area contributed by atoms with Gasteiger partial charge in [-0.05, 0) is 23.8 Å². The fourth-order valence-electron chi connectivity index (χ4n) is 2.37. The van der Waals surface area contributed by atoms with Gasteiger partial charge in [-0.3, -0.25) is 0 Å². The highest BCUT2D eigenvalue weighted by molar-refractivity contribution is 5.24. The van der Waals surface area contributed by atoms with Crippen LogP contribution in [-0.2, 0) is 5.41 Å². The minimum atomic E-state index is 0.395. The van der Waals surface area contributed by atoms with Crippen LogP contribution < -0.4 is 0 Å². The predicted octanol–water partition coefficient (Wildman–Crippen LogP) is 6.99. The van der Waals surface area contributed by atoms with Crippen molar-refractivity contribution >= 4 is 0 Å². The summed E-state index contributed by atoms with van der Waals surface area (Å²) < 4.78 is 0. The van der Waals surface area contributed by atoms with Gasteiger partial charge in [0, 0.05) is 0 Å². The summed E-state index contributed by atoms with van der Waals surface area (Å²) in [6.45, 7) is 15.0. The molecule has 0 aliphatic carbocycles. The molecule has 0 bridgehead atoms. The van der Waals surface area contributed by atoms with E-state index in [1.54, 1.807) is 0 Å². The molecular formula is C19H36. The zero-order valence-corrected chi connectivity index (χ0v) is 14.4. The summed E-state index contributed by atoms with van der Waals surface area (Å²) >= 11 is 0. The van der Waals surface area contributed by atoms with Crippen LogP contribution in [0.15, 0.2) is 30.3 Å². The molecule has 1 atom stereocenters. The van der Waals surface area contributed by atoms with Crippen molar-refractivity contribution in [3.63, 3.8) is 0 Å². The summed E-state index contributed by atoms with van der Waals surface area (Å²) in [7, 11) is 0. The number of hydrogen-bond donors (Lipinski definition) is 0. The van der Waals surface area contributed by atoms with Crippen molar-refractivity contribution in [3.05, 3.63) is 35.9 Å². The zero-order valence-electron chi connectivity index (χ0n) is 14.4.